The number of amides is 1. The van der Waals surface area contributed by atoms with Crippen molar-refractivity contribution in [1.82, 2.24) is 10.2 Å². The van der Waals surface area contributed by atoms with Crippen molar-refractivity contribution in [1.29, 1.82) is 0 Å². The van der Waals surface area contributed by atoms with E-state index in [9.17, 15) is 14.9 Å². The number of nitrogens with one attached hydrogen (secondary N) is 1. The first-order valence-corrected chi connectivity index (χ1v) is 8.49. The van der Waals surface area contributed by atoms with Gasteiger partial charge in [0.25, 0.3) is 11.6 Å². The molecule has 132 valence electrons. The molecule has 0 aliphatic heterocycles. The summed E-state index contributed by atoms with van der Waals surface area (Å²) in [7, 11) is 0. The predicted molar refractivity (Wildman–Crippen MR) is 96.6 cm³/mol. The summed E-state index contributed by atoms with van der Waals surface area (Å²) < 4.78 is 5.59. The zero-order valence-corrected chi connectivity index (χ0v) is 14.3. The van der Waals surface area contributed by atoms with Crippen LogP contribution in [0.1, 0.15) is 15.4 Å². The van der Waals surface area contributed by atoms with E-state index in [1.54, 1.807) is 0 Å². The second-order valence-electron chi connectivity index (χ2n) is 5.17. The third-order valence-electron chi connectivity index (χ3n) is 3.33. The van der Waals surface area contributed by atoms with Crippen LogP contribution >= 0.6 is 11.3 Å². The van der Waals surface area contributed by atoms with E-state index in [-0.39, 0.29) is 11.3 Å². The molecule has 8 nitrogen and oxygen atoms in total. The standard InChI is InChI=1S/C17H14N4O4S/c22-16(12-5-4-6-13(11-12)21(23)24)18-17-20-19-15(26-17)9-10-25-14-7-2-1-3-8-14/h1-8,11H,9-10H2,(H,18,20,22). The Balaban J connectivity index is 1.55. The van der Waals surface area contributed by atoms with E-state index in [2.05, 4.69) is 15.5 Å². The number of nitrogens with zero attached hydrogens (tertiary/aromatic N) is 3. The molecule has 3 rings (SSSR count). The molecule has 0 saturated carbocycles. The molecule has 0 aliphatic carbocycles. The Morgan fingerprint density at radius 1 is 1.15 bits per heavy atom. The number of hydrogen-bond donors (Lipinski definition) is 1. The molecule has 1 aromatic heterocycles. The topological polar surface area (TPSA) is 107 Å². The summed E-state index contributed by atoms with van der Waals surface area (Å²) in [6.45, 7) is 0.442. The highest BCUT2D eigenvalue weighted by Crippen LogP contribution is 2.19. The van der Waals surface area contributed by atoms with Crippen LogP contribution in [0.3, 0.4) is 0 Å². The van der Waals surface area contributed by atoms with Crippen molar-refractivity contribution in [2.24, 2.45) is 0 Å². The van der Waals surface area contributed by atoms with Crippen molar-refractivity contribution in [3.8, 4) is 5.75 Å². The lowest BCUT2D eigenvalue weighted by molar-refractivity contribution is -0.384. The van der Waals surface area contributed by atoms with Gasteiger partial charge in [0.15, 0.2) is 0 Å². The maximum absolute atomic E-state index is 12.2. The Hall–Kier alpha value is -3.33. The monoisotopic (exact) mass is 370 g/mol. The molecule has 0 spiro atoms. The second kappa shape index (κ2) is 8.17. The molecule has 2 aromatic carbocycles. The normalized spacial score (nSPS) is 10.3. The maximum atomic E-state index is 12.2. The molecule has 26 heavy (non-hydrogen) atoms. The number of rotatable bonds is 7. The van der Waals surface area contributed by atoms with E-state index >= 15 is 0 Å². The molecule has 0 fully saturated rings. The van der Waals surface area contributed by atoms with Crippen LogP contribution in [0, 0.1) is 10.1 Å². The number of para-hydroxylation sites is 1. The summed E-state index contributed by atoms with van der Waals surface area (Å²) in [5.74, 6) is 0.299. The van der Waals surface area contributed by atoms with Crippen molar-refractivity contribution < 1.29 is 14.5 Å². The Morgan fingerprint density at radius 3 is 2.73 bits per heavy atom. The molecule has 3 aromatic rings. The highest BCUT2D eigenvalue weighted by atomic mass is 32.1. The van der Waals surface area contributed by atoms with Gasteiger partial charge in [0.05, 0.1) is 11.5 Å². The summed E-state index contributed by atoms with van der Waals surface area (Å²) in [6, 6.07) is 14.9. The van der Waals surface area contributed by atoms with Crippen LogP contribution in [0.2, 0.25) is 0 Å². The number of anilines is 1. The van der Waals surface area contributed by atoms with E-state index in [1.807, 2.05) is 30.3 Å². The van der Waals surface area contributed by atoms with Gasteiger partial charge < -0.3 is 4.74 Å². The number of benzene rings is 2. The highest BCUT2D eigenvalue weighted by Gasteiger charge is 2.13. The average Bonchev–Trinajstić information content (AvgIpc) is 3.10. The minimum Gasteiger partial charge on any atom is -0.493 e. The van der Waals surface area contributed by atoms with Crippen LogP contribution in [0.5, 0.6) is 5.75 Å². The summed E-state index contributed by atoms with van der Waals surface area (Å²) in [6.07, 6.45) is 0.555. The number of aromatic nitrogens is 2. The number of carbonyl (C=O) groups excluding carboxylic acids is 1. The van der Waals surface area contributed by atoms with Gasteiger partial charge in [-0.3, -0.25) is 20.2 Å². The van der Waals surface area contributed by atoms with Gasteiger partial charge in [0.1, 0.15) is 10.8 Å². The fourth-order valence-corrected chi connectivity index (χ4v) is 2.82. The SMILES string of the molecule is O=C(Nc1nnc(CCOc2ccccc2)s1)c1cccc([N+](=O)[O-])c1. The summed E-state index contributed by atoms with van der Waals surface area (Å²) in [5.41, 5.74) is 0.0389. The lowest BCUT2D eigenvalue weighted by Gasteiger charge is -2.03. The zero-order chi connectivity index (χ0) is 18.4. The number of non-ortho nitro benzene ring substituents is 1. The molecule has 1 heterocycles. The third kappa shape index (κ3) is 4.61. The summed E-state index contributed by atoms with van der Waals surface area (Å²) in [4.78, 5) is 22.4. The Labute approximate surface area is 152 Å². The quantitative estimate of drug-likeness (QED) is 0.505. The molecule has 1 amide bonds. The average molecular weight is 370 g/mol. The third-order valence-corrected chi connectivity index (χ3v) is 4.23. The first-order valence-electron chi connectivity index (χ1n) is 7.68. The smallest absolute Gasteiger partial charge is 0.270 e. The highest BCUT2D eigenvalue weighted by molar-refractivity contribution is 7.15. The van der Waals surface area contributed by atoms with Gasteiger partial charge in [-0.25, -0.2) is 0 Å². The minimum absolute atomic E-state index is 0.145. The number of carbonyl (C=O) groups is 1. The lowest BCUT2D eigenvalue weighted by atomic mass is 10.2. The van der Waals surface area contributed by atoms with Gasteiger partial charge in [-0.2, -0.15) is 0 Å². The summed E-state index contributed by atoms with van der Waals surface area (Å²) in [5, 5.41) is 22.3. The molecular formula is C17H14N4O4S. The summed E-state index contributed by atoms with van der Waals surface area (Å²) >= 11 is 1.23. The van der Waals surface area contributed by atoms with Crippen molar-refractivity contribution in [2.45, 2.75) is 6.42 Å². The first-order chi connectivity index (χ1) is 12.6. The molecule has 0 radical (unpaired) electrons. The van der Waals surface area contributed by atoms with Crippen LogP contribution in [0.4, 0.5) is 10.8 Å². The van der Waals surface area contributed by atoms with Crippen LogP contribution in [-0.4, -0.2) is 27.6 Å². The van der Waals surface area contributed by atoms with Gasteiger partial charge in [-0.05, 0) is 18.2 Å². The molecule has 1 N–H and O–H groups in total. The van der Waals surface area contributed by atoms with Crippen LogP contribution in [0.25, 0.3) is 0 Å². The van der Waals surface area contributed by atoms with Crippen molar-refractivity contribution in [2.75, 3.05) is 11.9 Å². The van der Waals surface area contributed by atoms with Crippen LogP contribution in [0.15, 0.2) is 54.6 Å². The fourth-order valence-electron chi connectivity index (χ4n) is 2.11. The number of nitro benzene ring substituents is 1. The molecule has 0 aliphatic rings. The van der Waals surface area contributed by atoms with E-state index in [1.165, 1.54) is 35.6 Å². The van der Waals surface area contributed by atoms with Crippen molar-refractivity contribution in [3.63, 3.8) is 0 Å². The van der Waals surface area contributed by atoms with Gasteiger partial charge in [-0.15, -0.1) is 10.2 Å². The number of ether oxygens (including phenoxy) is 1. The molecule has 9 heteroatoms. The Morgan fingerprint density at radius 2 is 1.96 bits per heavy atom. The second-order valence-corrected chi connectivity index (χ2v) is 6.24. The Bertz CT molecular complexity index is 914. The number of nitro groups is 1. The molecular weight excluding hydrogens is 356 g/mol. The van der Waals surface area contributed by atoms with Crippen molar-refractivity contribution >= 4 is 28.1 Å². The van der Waals surface area contributed by atoms with E-state index in [0.29, 0.717) is 18.2 Å². The molecule has 0 bridgehead atoms. The van der Waals surface area contributed by atoms with E-state index in [4.69, 9.17) is 4.74 Å². The maximum Gasteiger partial charge on any atom is 0.270 e. The first kappa shape index (κ1) is 17.5. The van der Waals surface area contributed by atoms with Crippen LogP contribution in [-0.2, 0) is 6.42 Å². The fraction of sp³-hybridized carbons (Fsp3) is 0.118. The minimum atomic E-state index is -0.549. The lowest BCUT2D eigenvalue weighted by Crippen LogP contribution is -2.11. The Kier molecular flexibility index (Phi) is 5.49. The predicted octanol–water partition coefficient (Wildman–Crippen LogP) is 3.32. The zero-order valence-electron chi connectivity index (χ0n) is 13.5. The molecule has 0 unspecified atom stereocenters. The van der Waals surface area contributed by atoms with Crippen LogP contribution < -0.4 is 10.1 Å². The van der Waals surface area contributed by atoms with Crippen molar-refractivity contribution in [3.05, 3.63) is 75.3 Å². The molecule has 0 saturated heterocycles. The van der Waals surface area contributed by atoms with Gasteiger partial charge in [-0.1, -0.05) is 35.6 Å². The molecule has 0 atom stereocenters. The van der Waals surface area contributed by atoms with Gasteiger partial charge in [0, 0.05) is 24.1 Å². The van der Waals surface area contributed by atoms with Gasteiger partial charge >= 0.3 is 0 Å². The number of hydrogen-bond acceptors (Lipinski definition) is 7. The van der Waals surface area contributed by atoms with E-state index in [0.717, 1.165) is 10.8 Å². The van der Waals surface area contributed by atoms with Gasteiger partial charge in [0.2, 0.25) is 5.13 Å². The van der Waals surface area contributed by atoms with E-state index < -0.39 is 10.8 Å². The largest absolute Gasteiger partial charge is 0.493 e.